The normalized spacial score (nSPS) is 12.6. The Bertz CT molecular complexity index is 849. The standard InChI is InChI=1S/C60H121NO3/c1-3-5-7-9-11-13-15-17-18-19-20-21-22-23-24-25-26-27-28-29-30-31-32-33-34-35-36-37-38-39-40-41-42-43-44-46-48-50-52-54-56-60(64)61-58(57-62)59(63)55-53-51-49-47-45-16-14-12-10-8-6-4-2/h58-59,62-63H,3-57H2,1-2H3,(H,61,64). The van der Waals surface area contributed by atoms with Gasteiger partial charge in [-0.3, -0.25) is 4.79 Å². The van der Waals surface area contributed by atoms with E-state index in [4.69, 9.17) is 0 Å². The quantitative estimate of drug-likeness (QED) is 0.0533. The number of hydrogen-bond donors (Lipinski definition) is 3. The maximum absolute atomic E-state index is 12.5. The third-order valence-corrected chi connectivity index (χ3v) is 14.6. The summed E-state index contributed by atoms with van der Waals surface area (Å²) in [7, 11) is 0. The number of amides is 1. The summed E-state index contributed by atoms with van der Waals surface area (Å²) in [5.74, 6) is -0.0237. The molecule has 0 aromatic carbocycles. The van der Waals surface area contributed by atoms with Crippen LogP contribution in [0.4, 0.5) is 0 Å². The van der Waals surface area contributed by atoms with Crippen LogP contribution in [0.1, 0.15) is 361 Å². The molecule has 4 heteroatoms. The molecule has 2 unspecified atom stereocenters. The van der Waals surface area contributed by atoms with Gasteiger partial charge in [-0.05, 0) is 12.8 Å². The molecule has 0 saturated carbocycles. The second-order valence-corrected chi connectivity index (χ2v) is 21.1. The highest BCUT2D eigenvalue weighted by atomic mass is 16.3. The molecule has 0 spiro atoms. The minimum absolute atomic E-state index is 0.0237. The number of carbonyl (C=O) groups excluding carboxylic acids is 1. The van der Waals surface area contributed by atoms with Crippen molar-refractivity contribution in [2.75, 3.05) is 6.61 Å². The molecule has 0 rings (SSSR count). The van der Waals surface area contributed by atoms with Gasteiger partial charge in [-0.15, -0.1) is 0 Å². The van der Waals surface area contributed by atoms with E-state index >= 15 is 0 Å². The largest absolute Gasteiger partial charge is 0.394 e. The van der Waals surface area contributed by atoms with E-state index in [1.165, 1.54) is 308 Å². The average molecular weight is 905 g/mol. The Kier molecular flexibility index (Phi) is 56.2. The number of aliphatic hydroxyl groups is 2. The van der Waals surface area contributed by atoms with Crippen LogP contribution in [0.2, 0.25) is 0 Å². The zero-order valence-corrected chi connectivity index (χ0v) is 44.3. The van der Waals surface area contributed by atoms with Crippen molar-refractivity contribution in [2.24, 2.45) is 0 Å². The Morgan fingerprint density at radius 2 is 0.500 bits per heavy atom. The monoisotopic (exact) mass is 904 g/mol. The molecule has 2 atom stereocenters. The van der Waals surface area contributed by atoms with Gasteiger partial charge in [0.25, 0.3) is 0 Å². The smallest absolute Gasteiger partial charge is 0.220 e. The van der Waals surface area contributed by atoms with Gasteiger partial charge < -0.3 is 15.5 Å². The van der Waals surface area contributed by atoms with E-state index in [2.05, 4.69) is 19.2 Å². The van der Waals surface area contributed by atoms with Crippen LogP contribution in [0.25, 0.3) is 0 Å². The predicted molar refractivity (Wildman–Crippen MR) is 286 cm³/mol. The predicted octanol–water partition coefficient (Wildman–Crippen LogP) is 19.9. The Labute approximate surface area is 404 Å². The van der Waals surface area contributed by atoms with Crippen LogP contribution in [-0.4, -0.2) is 34.9 Å². The molecule has 1 amide bonds. The second kappa shape index (κ2) is 56.7. The summed E-state index contributed by atoms with van der Waals surface area (Å²) in [6, 6.07) is -0.530. The van der Waals surface area contributed by atoms with Gasteiger partial charge in [-0.25, -0.2) is 0 Å². The van der Waals surface area contributed by atoms with Gasteiger partial charge in [0.2, 0.25) is 5.91 Å². The molecule has 0 fully saturated rings. The van der Waals surface area contributed by atoms with Crippen LogP contribution in [0.3, 0.4) is 0 Å². The lowest BCUT2D eigenvalue weighted by Crippen LogP contribution is -2.45. The topological polar surface area (TPSA) is 69.6 Å². The highest BCUT2D eigenvalue weighted by molar-refractivity contribution is 5.76. The molecule has 0 aliphatic carbocycles. The SMILES string of the molecule is CCCCCCCCCCCCCCCCCCCCCCCCCCCCCCCCCCCCCCCCCCC(=O)NC(CO)C(O)CCCCCCCCCCCCCC. The molecule has 0 aromatic heterocycles. The van der Waals surface area contributed by atoms with Gasteiger partial charge >= 0.3 is 0 Å². The van der Waals surface area contributed by atoms with Gasteiger partial charge in [0.15, 0.2) is 0 Å². The number of nitrogens with one attached hydrogen (secondary N) is 1. The highest BCUT2D eigenvalue weighted by Gasteiger charge is 2.20. The maximum Gasteiger partial charge on any atom is 0.220 e. The molecule has 0 aliphatic heterocycles. The van der Waals surface area contributed by atoms with Crippen LogP contribution < -0.4 is 5.32 Å². The van der Waals surface area contributed by atoms with Crippen molar-refractivity contribution in [3.8, 4) is 0 Å². The first-order chi connectivity index (χ1) is 31.7. The number of hydrogen-bond acceptors (Lipinski definition) is 3. The zero-order valence-electron chi connectivity index (χ0n) is 44.3. The number of aliphatic hydroxyl groups excluding tert-OH is 2. The van der Waals surface area contributed by atoms with E-state index in [-0.39, 0.29) is 12.5 Å². The summed E-state index contributed by atoms with van der Waals surface area (Å²) in [4.78, 5) is 12.5. The molecule has 384 valence electrons. The van der Waals surface area contributed by atoms with E-state index in [0.29, 0.717) is 12.8 Å². The first-order valence-electron chi connectivity index (χ1n) is 30.2. The Hall–Kier alpha value is -0.610. The first-order valence-corrected chi connectivity index (χ1v) is 30.2. The van der Waals surface area contributed by atoms with Crippen LogP contribution in [-0.2, 0) is 4.79 Å². The molecule has 4 nitrogen and oxygen atoms in total. The Morgan fingerprint density at radius 3 is 0.703 bits per heavy atom. The summed E-state index contributed by atoms with van der Waals surface area (Å²) < 4.78 is 0. The van der Waals surface area contributed by atoms with E-state index in [1.54, 1.807) is 0 Å². The Morgan fingerprint density at radius 1 is 0.312 bits per heavy atom. The molecule has 0 aromatic rings. The third kappa shape index (κ3) is 52.4. The van der Waals surface area contributed by atoms with E-state index < -0.39 is 12.1 Å². The molecule has 0 heterocycles. The molecule has 0 radical (unpaired) electrons. The minimum atomic E-state index is -0.653. The van der Waals surface area contributed by atoms with Gasteiger partial charge in [0.05, 0.1) is 18.8 Å². The number of rotatable bonds is 57. The molecular weight excluding hydrogens is 783 g/mol. The van der Waals surface area contributed by atoms with Crippen molar-refractivity contribution in [1.29, 1.82) is 0 Å². The zero-order chi connectivity index (χ0) is 46.3. The van der Waals surface area contributed by atoms with Crippen molar-refractivity contribution < 1.29 is 15.0 Å². The van der Waals surface area contributed by atoms with Crippen LogP contribution in [0.15, 0.2) is 0 Å². The summed E-state index contributed by atoms with van der Waals surface area (Å²) in [6.45, 7) is 4.39. The van der Waals surface area contributed by atoms with Crippen molar-refractivity contribution in [2.45, 2.75) is 373 Å². The highest BCUT2D eigenvalue weighted by Crippen LogP contribution is 2.19. The lowest BCUT2D eigenvalue weighted by molar-refractivity contribution is -0.123. The van der Waals surface area contributed by atoms with Crippen LogP contribution in [0.5, 0.6) is 0 Å². The van der Waals surface area contributed by atoms with E-state index in [1.807, 2.05) is 0 Å². The fourth-order valence-electron chi connectivity index (χ4n) is 10.0. The summed E-state index contributed by atoms with van der Waals surface area (Å²) >= 11 is 0. The van der Waals surface area contributed by atoms with E-state index in [9.17, 15) is 15.0 Å². The summed E-state index contributed by atoms with van der Waals surface area (Å²) in [5.41, 5.74) is 0. The van der Waals surface area contributed by atoms with Crippen LogP contribution >= 0.6 is 0 Å². The molecule has 0 saturated heterocycles. The molecule has 64 heavy (non-hydrogen) atoms. The van der Waals surface area contributed by atoms with Gasteiger partial charge in [0.1, 0.15) is 0 Å². The number of carbonyl (C=O) groups is 1. The van der Waals surface area contributed by atoms with E-state index in [0.717, 1.165) is 25.7 Å². The lowest BCUT2D eigenvalue weighted by Gasteiger charge is -2.22. The average Bonchev–Trinajstić information content (AvgIpc) is 3.30. The van der Waals surface area contributed by atoms with Gasteiger partial charge in [0, 0.05) is 6.42 Å². The van der Waals surface area contributed by atoms with Gasteiger partial charge in [-0.2, -0.15) is 0 Å². The third-order valence-electron chi connectivity index (χ3n) is 14.6. The van der Waals surface area contributed by atoms with Crippen molar-refractivity contribution in [3.63, 3.8) is 0 Å². The van der Waals surface area contributed by atoms with Crippen LogP contribution in [0, 0.1) is 0 Å². The summed E-state index contributed by atoms with van der Waals surface area (Å²) in [6.07, 6.45) is 72.8. The molecule has 0 aliphatic rings. The maximum atomic E-state index is 12.5. The lowest BCUT2D eigenvalue weighted by atomic mass is 10.0. The molecule has 3 N–H and O–H groups in total. The van der Waals surface area contributed by atoms with Crippen molar-refractivity contribution >= 4 is 5.91 Å². The fraction of sp³-hybridized carbons (Fsp3) is 0.983. The number of unbranched alkanes of at least 4 members (excludes halogenated alkanes) is 50. The van der Waals surface area contributed by atoms with Crippen molar-refractivity contribution in [1.82, 2.24) is 5.32 Å². The molecule has 0 bridgehead atoms. The summed E-state index contributed by atoms with van der Waals surface area (Å²) in [5, 5.41) is 23.2. The van der Waals surface area contributed by atoms with Gasteiger partial charge in [-0.1, -0.05) is 341 Å². The minimum Gasteiger partial charge on any atom is -0.394 e. The fourth-order valence-corrected chi connectivity index (χ4v) is 10.0. The van der Waals surface area contributed by atoms with Crippen molar-refractivity contribution in [3.05, 3.63) is 0 Å². The Balaban J connectivity index is 3.29. The molecular formula is C60H121NO3. The first kappa shape index (κ1) is 63.4. The second-order valence-electron chi connectivity index (χ2n) is 21.1.